The Bertz CT molecular complexity index is 405. The van der Waals surface area contributed by atoms with Gasteiger partial charge in [-0.3, -0.25) is 4.79 Å². The summed E-state index contributed by atoms with van der Waals surface area (Å²) in [4.78, 5) is 10.4. The van der Waals surface area contributed by atoms with E-state index in [-0.39, 0.29) is 5.56 Å². The lowest BCUT2D eigenvalue weighted by Crippen LogP contribution is -2.04. The fourth-order valence-corrected chi connectivity index (χ4v) is 1.80. The van der Waals surface area contributed by atoms with Crippen molar-refractivity contribution in [3.8, 4) is 0 Å². The summed E-state index contributed by atoms with van der Waals surface area (Å²) in [5.41, 5.74) is -0.328. The van der Waals surface area contributed by atoms with Gasteiger partial charge in [0.1, 0.15) is 5.02 Å². The summed E-state index contributed by atoms with van der Waals surface area (Å²) in [7, 11) is 0. The van der Waals surface area contributed by atoms with Crippen LogP contribution in [0, 0.1) is 11.6 Å². The highest BCUT2D eigenvalue weighted by molar-refractivity contribution is 6.39. The van der Waals surface area contributed by atoms with Gasteiger partial charge in [0.25, 0.3) is 0 Å². The van der Waals surface area contributed by atoms with Crippen molar-refractivity contribution in [2.45, 2.75) is 6.42 Å². The van der Waals surface area contributed by atoms with Crippen LogP contribution in [0.15, 0.2) is 0 Å². The Hall–Kier alpha value is -0.580. The molecule has 0 fully saturated rings. The number of hydrogen-bond acceptors (Lipinski definition) is 1. The summed E-state index contributed by atoms with van der Waals surface area (Å²) in [6, 6.07) is 0. The molecule has 1 aromatic rings. The average Bonchev–Trinajstić information content (AvgIpc) is 2.18. The molecule has 0 amide bonds. The second-order valence-electron chi connectivity index (χ2n) is 2.62. The highest BCUT2D eigenvalue weighted by Crippen LogP contribution is 2.36. The second kappa shape index (κ2) is 4.51. The summed E-state index contributed by atoms with van der Waals surface area (Å²) in [5, 5.41) is 6.47. The molecule has 0 heterocycles. The van der Waals surface area contributed by atoms with E-state index in [1.807, 2.05) is 0 Å². The van der Waals surface area contributed by atoms with E-state index in [2.05, 4.69) is 0 Å². The first-order chi connectivity index (χ1) is 6.86. The first-order valence-corrected chi connectivity index (χ1v) is 4.71. The van der Waals surface area contributed by atoms with Crippen LogP contribution in [0.25, 0.3) is 0 Å². The first kappa shape index (κ1) is 12.5. The molecule has 1 N–H and O–H groups in total. The summed E-state index contributed by atoms with van der Waals surface area (Å²) in [6.45, 7) is 0. The number of hydrogen-bond donors (Lipinski definition) is 1. The largest absolute Gasteiger partial charge is 0.481 e. The van der Waals surface area contributed by atoms with Crippen LogP contribution in [-0.2, 0) is 11.2 Å². The Morgan fingerprint density at radius 3 is 1.80 bits per heavy atom. The van der Waals surface area contributed by atoms with Crippen molar-refractivity contribution in [2.75, 3.05) is 0 Å². The van der Waals surface area contributed by atoms with Crippen LogP contribution in [-0.4, -0.2) is 11.1 Å². The molecule has 15 heavy (non-hydrogen) atoms. The highest BCUT2D eigenvalue weighted by Gasteiger charge is 2.22. The molecule has 0 unspecified atom stereocenters. The zero-order valence-corrected chi connectivity index (χ0v) is 9.22. The van der Waals surface area contributed by atoms with Gasteiger partial charge in [0.15, 0.2) is 11.6 Å². The number of carbonyl (C=O) groups is 1. The molecule has 0 spiro atoms. The zero-order chi connectivity index (χ0) is 11.7. The monoisotopic (exact) mass is 274 g/mol. The Morgan fingerprint density at radius 1 is 1.07 bits per heavy atom. The Balaban J connectivity index is 3.45. The van der Waals surface area contributed by atoms with Crippen molar-refractivity contribution in [3.63, 3.8) is 0 Å². The molecule has 7 heteroatoms. The predicted molar refractivity (Wildman–Crippen MR) is 52.7 cm³/mol. The topological polar surface area (TPSA) is 37.3 Å². The minimum atomic E-state index is -1.31. The normalized spacial score (nSPS) is 10.5. The van der Waals surface area contributed by atoms with Gasteiger partial charge in [-0.15, -0.1) is 0 Å². The molecule has 0 aliphatic heterocycles. The van der Waals surface area contributed by atoms with Crippen molar-refractivity contribution in [1.29, 1.82) is 0 Å². The summed E-state index contributed by atoms with van der Waals surface area (Å²) >= 11 is 16.1. The molecular formula is C8H3Cl3F2O2. The molecule has 0 aliphatic carbocycles. The molecule has 0 aromatic heterocycles. The molecule has 82 valence electrons. The van der Waals surface area contributed by atoms with Gasteiger partial charge in [-0.25, -0.2) is 8.78 Å². The number of benzene rings is 1. The molecule has 2 nitrogen and oxygen atoms in total. The van der Waals surface area contributed by atoms with E-state index in [1.165, 1.54) is 0 Å². The fraction of sp³-hybridized carbons (Fsp3) is 0.125. The average molecular weight is 275 g/mol. The smallest absolute Gasteiger partial charge is 0.307 e. The minimum absolute atomic E-state index is 0.328. The predicted octanol–water partition coefficient (Wildman–Crippen LogP) is 3.55. The Labute approximate surface area is 98.4 Å². The van der Waals surface area contributed by atoms with Crippen LogP contribution in [0.1, 0.15) is 5.56 Å². The molecule has 0 saturated carbocycles. The van der Waals surface area contributed by atoms with Crippen molar-refractivity contribution in [2.24, 2.45) is 0 Å². The van der Waals surface area contributed by atoms with Crippen LogP contribution in [0.3, 0.4) is 0 Å². The van der Waals surface area contributed by atoms with Crippen LogP contribution in [0.4, 0.5) is 8.78 Å². The van der Waals surface area contributed by atoms with Crippen LogP contribution in [0.2, 0.25) is 15.1 Å². The van der Waals surface area contributed by atoms with E-state index in [0.29, 0.717) is 0 Å². The molecular weight excluding hydrogens is 272 g/mol. The number of aliphatic carboxylic acids is 1. The van der Waals surface area contributed by atoms with Crippen LogP contribution >= 0.6 is 34.8 Å². The van der Waals surface area contributed by atoms with Gasteiger partial charge in [-0.05, 0) is 0 Å². The van der Waals surface area contributed by atoms with E-state index in [1.54, 1.807) is 0 Å². The van der Waals surface area contributed by atoms with Crippen molar-refractivity contribution in [1.82, 2.24) is 0 Å². The summed E-state index contributed by atoms with van der Waals surface area (Å²) in [6.07, 6.45) is -0.678. The molecule has 0 bridgehead atoms. The third-order valence-corrected chi connectivity index (χ3v) is 2.75. The Morgan fingerprint density at radius 2 is 1.47 bits per heavy atom. The van der Waals surface area contributed by atoms with Crippen LogP contribution in [0.5, 0.6) is 0 Å². The fourth-order valence-electron chi connectivity index (χ4n) is 0.957. The van der Waals surface area contributed by atoms with E-state index >= 15 is 0 Å². The van der Waals surface area contributed by atoms with Gasteiger partial charge in [0, 0.05) is 5.56 Å². The quantitative estimate of drug-likeness (QED) is 0.662. The Kier molecular flexibility index (Phi) is 3.76. The summed E-state index contributed by atoms with van der Waals surface area (Å²) in [5.74, 6) is -3.73. The van der Waals surface area contributed by atoms with Gasteiger partial charge in [-0.1, -0.05) is 34.8 Å². The maximum atomic E-state index is 13.1. The van der Waals surface area contributed by atoms with E-state index in [9.17, 15) is 13.6 Å². The minimum Gasteiger partial charge on any atom is -0.481 e. The maximum absolute atomic E-state index is 13.1. The molecule has 0 radical (unpaired) electrons. The second-order valence-corrected chi connectivity index (χ2v) is 3.75. The lowest BCUT2D eigenvalue weighted by molar-refractivity contribution is -0.136. The van der Waals surface area contributed by atoms with E-state index < -0.39 is 39.1 Å². The molecule has 0 aliphatic rings. The van der Waals surface area contributed by atoms with Gasteiger partial charge in [-0.2, -0.15) is 0 Å². The SMILES string of the molecule is O=C(O)Cc1c(Cl)c(F)c(Cl)c(F)c1Cl. The standard InChI is InChI=1S/C8H3Cl3F2O2/c9-4-2(1-3(14)15)5(10)8(13)6(11)7(4)12/h1H2,(H,14,15). The lowest BCUT2D eigenvalue weighted by Gasteiger charge is -2.08. The molecule has 0 saturated heterocycles. The lowest BCUT2D eigenvalue weighted by atomic mass is 10.1. The number of halogens is 5. The van der Waals surface area contributed by atoms with Crippen molar-refractivity contribution >= 4 is 40.8 Å². The van der Waals surface area contributed by atoms with Crippen molar-refractivity contribution in [3.05, 3.63) is 32.3 Å². The van der Waals surface area contributed by atoms with Crippen molar-refractivity contribution < 1.29 is 18.7 Å². The number of carboxylic acids is 1. The first-order valence-electron chi connectivity index (χ1n) is 3.58. The third kappa shape index (κ3) is 2.33. The zero-order valence-electron chi connectivity index (χ0n) is 6.95. The molecule has 1 rings (SSSR count). The van der Waals surface area contributed by atoms with Gasteiger partial charge in [0.2, 0.25) is 0 Å². The summed E-state index contributed by atoms with van der Waals surface area (Å²) < 4.78 is 26.3. The third-order valence-electron chi connectivity index (χ3n) is 1.63. The highest BCUT2D eigenvalue weighted by atomic mass is 35.5. The van der Waals surface area contributed by atoms with Crippen LogP contribution < -0.4 is 0 Å². The van der Waals surface area contributed by atoms with E-state index in [0.717, 1.165) is 0 Å². The van der Waals surface area contributed by atoms with Gasteiger partial charge >= 0.3 is 5.97 Å². The van der Waals surface area contributed by atoms with Gasteiger partial charge in [0.05, 0.1) is 16.5 Å². The van der Waals surface area contributed by atoms with E-state index in [4.69, 9.17) is 39.9 Å². The number of rotatable bonds is 2. The molecule has 1 aromatic carbocycles. The number of carboxylic acid groups (broad SMARTS) is 1. The van der Waals surface area contributed by atoms with Gasteiger partial charge < -0.3 is 5.11 Å². The maximum Gasteiger partial charge on any atom is 0.307 e. The molecule has 0 atom stereocenters.